The van der Waals surface area contributed by atoms with Gasteiger partial charge in [-0.1, -0.05) is 23.7 Å². The van der Waals surface area contributed by atoms with Gasteiger partial charge in [0.1, 0.15) is 33.9 Å². The van der Waals surface area contributed by atoms with Gasteiger partial charge in [-0.3, -0.25) is 0 Å². The van der Waals surface area contributed by atoms with Gasteiger partial charge >= 0.3 is 0 Å². The van der Waals surface area contributed by atoms with E-state index in [9.17, 15) is 5.26 Å². The zero-order chi connectivity index (χ0) is 20.8. The molecule has 0 spiro atoms. The number of methoxy groups -OCH3 is 3. The second-order valence-electron chi connectivity index (χ2n) is 5.77. The van der Waals surface area contributed by atoms with Crippen molar-refractivity contribution in [2.45, 2.75) is 0 Å². The van der Waals surface area contributed by atoms with E-state index in [0.717, 1.165) is 17.0 Å². The molecule has 0 radical (unpaired) electrons. The highest BCUT2D eigenvalue weighted by molar-refractivity contribution is 7.11. The van der Waals surface area contributed by atoms with Crippen molar-refractivity contribution in [3.8, 4) is 34.6 Å². The van der Waals surface area contributed by atoms with E-state index in [-0.39, 0.29) is 0 Å². The molecular weight excluding hydrogens is 410 g/mol. The summed E-state index contributed by atoms with van der Waals surface area (Å²) in [6, 6.07) is 13.1. The van der Waals surface area contributed by atoms with E-state index in [4.69, 9.17) is 25.8 Å². The minimum Gasteiger partial charge on any atom is -0.497 e. The second kappa shape index (κ2) is 9.32. The average Bonchev–Trinajstić information content (AvgIpc) is 3.24. The number of hydrogen-bond acceptors (Lipinski definition) is 7. The highest BCUT2D eigenvalue weighted by Crippen LogP contribution is 2.36. The Kier molecular flexibility index (Phi) is 6.60. The first-order valence-corrected chi connectivity index (χ1v) is 9.74. The maximum absolute atomic E-state index is 9.60. The van der Waals surface area contributed by atoms with E-state index in [1.807, 2.05) is 29.6 Å². The van der Waals surface area contributed by atoms with Crippen molar-refractivity contribution in [2.24, 2.45) is 0 Å². The second-order valence-corrected chi connectivity index (χ2v) is 7.04. The molecule has 3 aromatic rings. The SMILES string of the molecule is COc1cccc(-c2csc(C(C#N)=CNc3cc(OC)c(Cl)cc3OC)n2)c1. The van der Waals surface area contributed by atoms with Crippen molar-refractivity contribution < 1.29 is 14.2 Å². The third-order valence-corrected chi connectivity index (χ3v) is 5.24. The van der Waals surface area contributed by atoms with E-state index >= 15 is 0 Å². The number of rotatable bonds is 7. The summed E-state index contributed by atoms with van der Waals surface area (Å²) in [5.74, 6) is 1.77. The molecule has 3 rings (SSSR count). The molecule has 0 aliphatic heterocycles. The number of hydrogen-bond donors (Lipinski definition) is 1. The molecule has 1 N–H and O–H groups in total. The van der Waals surface area contributed by atoms with Gasteiger partial charge in [0.25, 0.3) is 0 Å². The van der Waals surface area contributed by atoms with Gasteiger partial charge in [0.2, 0.25) is 0 Å². The molecular formula is C21H18ClN3O3S. The van der Waals surface area contributed by atoms with Crippen LogP contribution in [0.25, 0.3) is 16.8 Å². The first-order valence-electron chi connectivity index (χ1n) is 8.48. The molecule has 0 bridgehead atoms. The lowest BCUT2D eigenvalue weighted by Gasteiger charge is -2.12. The fourth-order valence-electron chi connectivity index (χ4n) is 2.58. The van der Waals surface area contributed by atoms with Crippen LogP contribution in [-0.2, 0) is 0 Å². The molecule has 0 amide bonds. The minimum atomic E-state index is 0.389. The summed E-state index contributed by atoms with van der Waals surface area (Å²) < 4.78 is 15.8. The van der Waals surface area contributed by atoms with Crippen LogP contribution in [0.2, 0.25) is 5.02 Å². The van der Waals surface area contributed by atoms with E-state index < -0.39 is 0 Å². The molecule has 0 saturated heterocycles. The van der Waals surface area contributed by atoms with Gasteiger partial charge in [-0.25, -0.2) is 4.98 Å². The van der Waals surface area contributed by atoms with Gasteiger partial charge in [0.05, 0.1) is 37.7 Å². The van der Waals surface area contributed by atoms with Gasteiger partial charge in [-0.05, 0) is 12.1 Å². The fourth-order valence-corrected chi connectivity index (χ4v) is 3.60. The number of ether oxygens (including phenoxy) is 3. The lowest BCUT2D eigenvalue weighted by Crippen LogP contribution is -1.96. The van der Waals surface area contributed by atoms with E-state index in [0.29, 0.717) is 32.8 Å². The third-order valence-electron chi connectivity index (χ3n) is 4.07. The van der Waals surface area contributed by atoms with Crippen LogP contribution in [-0.4, -0.2) is 26.3 Å². The molecule has 0 unspecified atom stereocenters. The van der Waals surface area contributed by atoms with Crippen molar-refractivity contribution in [3.63, 3.8) is 0 Å². The Labute approximate surface area is 177 Å². The largest absolute Gasteiger partial charge is 0.497 e. The van der Waals surface area contributed by atoms with Crippen LogP contribution in [0, 0.1) is 11.3 Å². The molecule has 1 heterocycles. The van der Waals surface area contributed by atoms with Crippen LogP contribution in [0.5, 0.6) is 17.2 Å². The fraction of sp³-hybridized carbons (Fsp3) is 0.143. The Hall–Kier alpha value is -3.21. The Balaban J connectivity index is 1.88. The standard InChI is InChI=1S/C21H18ClN3O3S/c1-26-15-6-4-5-13(7-15)18-12-29-21(25-18)14(10-23)11-24-17-9-19(27-2)16(22)8-20(17)28-3/h4-9,11-12,24H,1-3H3. The monoisotopic (exact) mass is 427 g/mol. The van der Waals surface area contributed by atoms with Crippen LogP contribution in [0.1, 0.15) is 5.01 Å². The van der Waals surface area contributed by atoms with Crippen LogP contribution in [0.3, 0.4) is 0 Å². The molecule has 6 nitrogen and oxygen atoms in total. The van der Waals surface area contributed by atoms with Crippen LogP contribution >= 0.6 is 22.9 Å². The number of benzene rings is 2. The van der Waals surface area contributed by atoms with E-state index in [1.165, 1.54) is 18.4 Å². The number of allylic oxidation sites excluding steroid dienone is 1. The van der Waals surface area contributed by atoms with Crippen molar-refractivity contribution in [1.82, 2.24) is 4.98 Å². The van der Waals surface area contributed by atoms with Crippen LogP contribution in [0.15, 0.2) is 48.0 Å². The zero-order valence-corrected chi connectivity index (χ0v) is 17.6. The summed E-state index contributed by atoms with van der Waals surface area (Å²) in [5.41, 5.74) is 2.70. The lowest BCUT2D eigenvalue weighted by atomic mass is 10.1. The molecule has 8 heteroatoms. The first kappa shape index (κ1) is 20.5. The molecule has 0 aliphatic rings. The number of nitrogens with zero attached hydrogens (tertiary/aromatic N) is 2. The van der Waals surface area contributed by atoms with Gasteiger partial charge in [-0.15, -0.1) is 11.3 Å². The number of thiazole rings is 1. The summed E-state index contributed by atoms with van der Waals surface area (Å²) in [7, 11) is 4.69. The highest BCUT2D eigenvalue weighted by atomic mass is 35.5. The summed E-state index contributed by atoms with van der Waals surface area (Å²) in [6.45, 7) is 0. The normalized spacial score (nSPS) is 10.9. The van der Waals surface area contributed by atoms with Gasteiger partial charge in [0.15, 0.2) is 0 Å². The number of nitriles is 1. The zero-order valence-electron chi connectivity index (χ0n) is 16.0. The molecule has 0 aliphatic carbocycles. The van der Waals surface area contributed by atoms with Crippen molar-refractivity contribution in [2.75, 3.05) is 26.6 Å². The predicted octanol–water partition coefficient (Wildman–Crippen LogP) is 5.47. The Morgan fingerprint density at radius 2 is 1.93 bits per heavy atom. The summed E-state index contributed by atoms with van der Waals surface area (Å²) in [5, 5.41) is 15.6. The molecule has 0 atom stereocenters. The Morgan fingerprint density at radius 1 is 1.14 bits per heavy atom. The van der Waals surface area contributed by atoms with Gasteiger partial charge in [-0.2, -0.15) is 5.26 Å². The summed E-state index contributed by atoms with van der Waals surface area (Å²) in [4.78, 5) is 4.58. The molecule has 2 aromatic carbocycles. The van der Waals surface area contributed by atoms with Gasteiger partial charge < -0.3 is 19.5 Å². The van der Waals surface area contributed by atoms with Crippen molar-refractivity contribution in [3.05, 3.63) is 58.0 Å². The number of anilines is 1. The first-order chi connectivity index (χ1) is 14.1. The average molecular weight is 428 g/mol. The lowest BCUT2D eigenvalue weighted by molar-refractivity contribution is 0.405. The van der Waals surface area contributed by atoms with E-state index in [1.54, 1.807) is 32.6 Å². The summed E-state index contributed by atoms with van der Waals surface area (Å²) >= 11 is 7.52. The molecule has 0 fully saturated rings. The maximum atomic E-state index is 9.60. The Morgan fingerprint density at radius 3 is 2.62 bits per heavy atom. The van der Waals surface area contributed by atoms with E-state index in [2.05, 4.69) is 16.4 Å². The van der Waals surface area contributed by atoms with Crippen molar-refractivity contribution >= 4 is 34.2 Å². The maximum Gasteiger partial charge on any atom is 0.144 e. The van der Waals surface area contributed by atoms with Crippen molar-refractivity contribution in [1.29, 1.82) is 5.26 Å². The number of nitrogens with one attached hydrogen (secondary N) is 1. The third kappa shape index (κ3) is 4.62. The minimum absolute atomic E-state index is 0.389. The molecule has 1 aromatic heterocycles. The molecule has 29 heavy (non-hydrogen) atoms. The quantitative estimate of drug-likeness (QED) is 0.504. The Bertz CT molecular complexity index is 1090. The number of halogens is 1. The smallest absolute Gasteiger partial charge is 0.144 e. The molecule has 0 saturated carbocycles. The molecule has 148 valence electrons. The number of aromatic nitrogens is 1. The summed E-state index contributed by atoms with van der Waals surface area (Å²) in [6.07, 6.45) is 1.58. The van der Waals surface area contributed by atoms with Gasteiger partial charge in [0, 0.05) is 29.3 Å². The highest BCUT2D eigenvalue weighted by Gasteiger charge is 2.12. The van der Waals surface area contributed by atoms with Crippen LogP contribution < -0.4 is 19.5 Å². The topological polar surface area (TPSA) is 76.4 Å². The van der Waals surface area contributed by atoms with Crippen LogP contribution in [0.4, 0.5) is 5.69 Å². The predicted molar refractivity (Wildman–Crippen MR) is 116 cm³/mol.